The van der Waals surface area contributed by atoms with E-state index in [4.69, 9.17) is 9.84 Å². The van der Waals surface area contributed by atoms with E-state index in [1.54, 1.807) is 14.0 Å². The number of carbonyl (C=O) groups excluding carboxylic acids is 1. The number of amides is 1. The van der Waals surface area contributed by atoms with Crippen LogP contribution in [-0.4, -0.2) is 30.6 Å². The number of nitrogens with one attached hydrogen (secondary N) is 1. The molecule has 1 amide bonds. The molecule has 0 bridgehead atoms. The minimum absolute atomic E-state index is 0.120. The van der Waals surface area contributed by atoms with Gasteiger partial charge in [-0.15, -0.1) is 0 Å². The molecule has 0 aromatic heterocycles. The van der Waals surface area contributed by atoms with Crippen molar-refractivity contribution in [1.29, 1.82) is 0 Å². The van der Waals surface area contributed by atoms with Gasteiger partial charge in [-0.1, -0.05) is 32.0 Å². The van der Waals surface area contributed by atoms with Crippen molar-refractivity contribution in [2.24, 2.45) is 11.8 Å². The zero-order valence-corrected chi connectivity index (χ0v) is 12.8. The van der Waals surface area contributed by atoms with E-state index in [-0.39, 0.29) is 18.4 Å². The van der Waals surface area contributed by atoms with Gasteiger partial charge in [-0.2, -0.15) is 0 Å². The summed E-state index contributed by atoms with van der Waals surface area (Å²) in [7, 11) is 1.63. The number of benzene rings is 1. The number of carboxylic acid groups (broad SMARTS) is 1. The average molecular weight is 293 g/mol. The first kappa shape index (κ1) is 17.0. The van der Waals surface area contributed by atoms with Crippen LogP contribution in [-0.2, 0) is 16.0 Å². The summed E-state index contributed by atoms with van der Waals surface area (Å²) in [5.74, 6) is -0.618. The van der Waals surface area contributed by atoms with Crippen molar-refractivity contribution in [1.82, 2.24) is 5.32 Å². The van der Waals surface area contributed by atoms with Gasteiger partial charge in [-0.25, -0.2) is 0 Å². The van der Waals surface area contributed by atoms with Crippen LogP contribution in [0.15, 0.2) is 24.3 Å². The predicted octanol–water partition coefficient (Wildman–Crippen LogP) is 2.10. The lowest BCUT2D eigenvalue weighted by Gasteiger charge is -2.14. The Labute approximate surface area is 125 Å². The quantitative estimate of drug-likeness (QED) is 0.769. The smallest absolute Gasteiger partial charge is 0.308 e. The van der Waals surface area contributed by atoms with Gasteiger partial charge < -0.3 is 15.2 Å². The third kappa shape index (κ3) is 5.85. The van der Waals surface area contributed by atoms with Crippen LogP contribution in [0.3, 0.4) is 0 Å². The van der Waals surface area contributed by atoms with Crippen LogP contribution in [0.5, 0.6) is 5.75 Å². The fourth-order valence-electron chi connectivity index (χ4n) is 2.06. The van der Waals surface area contributed by atoms with Gasteiger partial charge in [0.25, 0.3) is 0 Å². The molecule has 5 heteroatoms. The molecule has 116 valence electrons. The monoisotopic (exact) mass is 293 g/mol. The molecule has 1 rings (SSSR count). The molecule has 1 aromatic rings. The van der Waals surface area contributed by atoms with Gasteiger partial charge in [-0.3, -0.25) is 9.59 Å². The predicted molar refractivity (Wildman–Crippen MR) is 80.3 cm³/mol. The van der Waals surface area contributed by atoms with Crippen LogP contribution in [0, 0.1) is 11.8 Å². The second kappa shape index (κ2) is 8.29. The highest BCUT2D eigenvalue weighted by Crippen LogP contribution is 2.22. The fourth-order valence-corrected chi connectivity index (χ4v) is 2.06. The van der Waals surface area contributed by atoms with Crippen molar-refractivity contribution >= 4 is 11.9 Å². The zero-order valence-electron chi connectivity index (χ0n) is 12.8. The molecule has 0 saturated carbocycles. The van der Waals surface area contributed by atoms with E-state index in [1.807, 2.05) is 31.2 Å². The number of ether oxygens (including phenoxy) is 1. The summed E-state index contributed by atoms with van der Waals surface area (Å²) in [6.45, 7) is 3.73. The van der Waals surface area contributed by atoms with Crippen molar-refractivity contribution in [3.8, 4) is 5.75 Å². The van der Waals surface area contributed by atoms with E-state index in [0.29, 0.717) is 6.42 Å². The van der Waals surface area contributed by atoms with Crippen molar-refractivity contribution < 1.29 is 19.4 Å². The van der Waals surface area contributed by atoms with Gasteiger partial charge in [0.15, 0.2) is 0 Å². The number of aliphatic carboxylic acids is 1. The van der Waals surface area contributed by atoms with Gasteiger partial charge in [0.2, 0.25) is 5.91 Å². The van der Waals surface area contributed by atoms with E-state index >= 15 is 0 Å². The molecule has 2 unspecified atom stereocenters. The van der Waals surface area contributed by atoms with Gasteiger partial charge in [0.05, 0.1) is 13.0 Å². The van der Waals surface area contributed by atoms with E-state index in [9.17, 15) is 9.59 Å². The van der Waals surface area contributed by atoms with Gasteiger partial charge in [0, 0.05) is 13.0 Å². The van der Waals surface area contributed by atoms with E-state index in [1.165, 1.54) is 0 Å². The Morgan fingerprint density at radius 3 is 2.57 bits per heavy atom. The third-order valence-corrected chi connectivity index (χ3v) is 3.32. The Hall–Kier alpha value is -2.04. The Balaban J connectivity index is 2.44. The van der Waals surface area contributed by atoms with Crippen LogP contribution in [0.4, 0.5) is 0 Å². The molecule has 0 fully saturated rings. The van der Waals surface area contributed by atoms with Crippen LogP contribution in [0.1, 0.15) is 25.8 Å². The Morgan fingerprint density at radius 1 is 1.29 bits per heavy atom. The van der Waals surface area contributed by atoms with Crippen LogP contribution >= 0.6 is 0 Å². The second-order valence-corrected chi connectivity index (χ2v) is 5.37. The Morgan fingerprint density at radius 2 is 1.95 bits per heavy atom. The van der Waals surface area contributed by atoms with Crippen LogP contribution in [0.25, 0.3) is 0 Å². The Kier molecular flexibility index (Phi) is 6.72. The van der Waals surface area contributed by atoms with Gasteiger partial charge >= 0.3 is 5.97 Å². The number of para-hydroxylation sites is 1. The highest BCUT2D eigenvalue weighted by molar-refractivity contribution is 5.77. The summed E-state index contributed by atoms with van der Waals surface area (Å²) in [5.41, 5.74) is 1.07. The van der Waals surface area contributed by atoms with Gasteiger partial charge in [-0.05, 0) is 24.0 Å². The van der Waals surface area contributed by atoms with Crippen LogP contribution < -0.4 is 10.1 Å². The molecule has 0 aliphatic carbocycles. The molecule has 2 atom stereocenters. The van der Waals surface area contributed by atoms with Crippen molar-refractivity contribution in [2.75, 3.05) is 13.7 Å². The lowest BCUT2D eigenvalue weighted by Crippen LogP contribution is -2.32. The summed E-state index contributed by atoms with van der Waals surface area (Å²) in [5, 5.41) is 11.4. The number of carbonyl (C=O) groups is 2. The summed E-state index contributed by atoms with van der Waals surface area (Å²) in [6.07, 6.45) is 1.11. The molecule has 5 nitrogen and oxygen atoms in total. The molecule has 0 aliphatic rings. The molecule has 0 saturated heterocycles. The maximum Gasteiger partial charge on any atom is 0.308 e. The number of hydrogen-bond donors (Lipinski definition) is 2. The minimum atomic E-state index is -0.905. The molecule has 1 aromatic carbocycles. The maximum atomic E-state index is 11.8. The standard InChI is InChI=1S/C16H23NO4/c1-11(8-13-6-4-5-7-14(13)21-3)9-15(18)17-10-12(2)16(19)20/h4-7,11-12H,8-10H2,1-3H3,(H,17,18)(H,19,20). The van der Waals surface area contributed by atoms with Crippen molar-refractivity contribution in [3.63, 3.8) is 0 Å². The van der Waals surface area contributed by atoms with Crippen LogP contribution in [0.2, 0.25) is 0 Å². The number of methoxy groups -OCH3 is 1. The second-order valence-electron chi connectivity index (χ2n) is 5.37. The highest BCUT2D eigenvalue weighted by atomic mass is 16.5. The Bertz CT molecular complexity index is 487. The zero-order chi connectivity index (χ0) is 15.8. The lowest BCUT2D eigenvalue weighted by atomic mass is 9.97. The number of rotatable bonds is 8. The summed E-state index contributed by atoms with van der Waals surface area (Å²) >= 11 is 0. The first-order valence-corrected chi connectivity index (χ1v) is 7.05. The summed E-state index contributed by atoms with van der Waals surface area (Å²) < 4.78 is 5.29. The number of carboxylic acids is 1. The third-order valence-electron chi connectivity index (χ3n) is 3.32. The maximum absolute atomic E-state index is 11.8. The topological polar surface area (TPSA) is 75.6 Å². The molecular formula is C16H23NO4. The lowest BCUT2D eigenvalue weighted by molar-refractivity contribution is -0.141. The number of hydrogen-bond acceptors (Lipinski definition) is 3. The van der Waals surface area contributed by atoms with E-state index in [2.05, 4.69) is 5.32 Å². The molecule has 0 aliphatic heterocycles. The SMILES string of the molecule is COc1ccccc1CC(C)CC(=O)NCC(C)C(=O)O. The average Bonchev–Trinajstić information content (AvgIpc) is 2.45. The molecular weight excluding hydrogens is 270 g/mol. The largest absolute Gasteiger partial charge is 0.496 e. The summed E-state index contributed by atoms with van der Waals surface area (Å²) in [6, 6.07) is 7.74. The molecule has 2 N–H and O–H groups in total. The first-order valence-electron chi connectivity index (χ1n) is 7.05. The van der Waals surface area contributed by atoms with E-state index in [0.717, 1.165) is 17.7 Å². The molecule has 0 heterocycles. The van der Waals surface area contributed by atoms with E-state index < -0.39 is 11.9 Å². The van der Waals surface area contributed by atoms with Crippen molar-refractivity contribution in [3.05, 3.63) is 29.8 Å². The molecule has 21 heavy (non-hydrogen) atoms. The molecule has 0 spiro atoms. The first-order chi connectivity index (χ1) is 9.93. The van der Waals surface area contributed by atoms with Gasteiger partial charge in [0.1, 0.15) is 5.75 Å². The minimum Gasteiger partial charge on any atom is -0.496 e. The normalized spacial score (nSPS) is 13.3. The molecule has 0 radical (unpaired) electrons. The van der Waals surface area contributed by atoms with Crippen molar-refractivity contribution in [2.45, 2.75) is 26.7 Å². The highest BCUT2D eigenvalue weighted by Gasteiger charge is 2.15. The summed E-state index contributed by atoms with van der Waals surface area (Å²) in [4.78, 5) is 22.5. The fraction of sp³-hybridized carbons (Fsp3) is 0.500.